The highest BCUT2D eigenvalue weighted by Crippen LogP contribution is 2.30. The van der Waals surface area contributed by atoms with Gasteiger partial charge in [0.05, 0.1) is 18.7 Å². The lowest BCUT2D eigenvalue weighted by atomic mass is 10.00. The summed E-state index contributed by atoms with van der Waals surface area (Å²) in [4.78, 5) is 12.0. The molecule has 1 amide bonds. The largest absolute Gasteiger partial charge is 0.273 e. The number of halogens is 1. The van der Waals surface area contributed by atoms with Crippen molar-refractivity contribution in [3.8, 4) is 0 Å². The highest BCUT2D eigenvalue weighted by molar-refractivity contribution is 6.31. The van der Waals surface area contributed by atoms with Gasteiger partial charge in [-0.15, -0.1) is 0 Å². The van der Waals surface area contributed by atoms with E-state index in [9.17, 15) is 4.79 Å². The van der Waals surface area contributed by atoms with E-state index in [4.69, 9.17) is 11.6 Å². The Bertz CT molecular complexity index is 521. The van der Waals surface area contributed by atoms with Crippen LogP contribution in [0.15, 0.2) is 29.4 Å². The first-order valence-corrected chi connectivity index (χ1v) is 7.23. The van der Waals surface area contributed by atoms with Crippen molar-refractivity contribution in [1.82, 2.24) is 5.01 Å². The molecule has 1 heterocycles. The van der Waals surface area contributed by atoms with Gasteiger partial charge in [0.15, 0.2) is 0 Å². The van der Waals surface area contributed by atoms with Crippen LogP contribution in [0, 0.1) is 5.92 Å². The fraction of sp³-hybridized carbons (Fsp3) is 0.467. The van der Waals surface area contributed by atoms with Gasteiger partial charge in [0.2, 0.25) is 5.91 Å². The molecule has 2 aliphatic rings. The molecule has 1 aliphatic carbocycles. The maximum absolute atomic E-state index is 12.0. The summed E-state index contributed by atoms with van der Waals surface area (Å²) in [6.07, 6.45) is 5.40. The zero-order valence-electron chi connectivity index (χ0n) is 10.8. The summed E-state index contributed by atoms with van der Waals surface area (Å²) in [5, 5.41) is 6.80. The van der Waals surface area contributed by atoms with Gasteiger partial charge in [-0.25, -0.2) is 5.01 Å². The van der Waals surface area contributed by atoms with Gasteiger partial charge in [0.1, 0.15) is 0 Å². The Hall–Kier alpha value is -1.35. The van der Waals surface area contributed by atoms with Crippen molar-refractivity contribution in [1.29, 1.82) is 0 Å². The second kappa shape index (κ2) is 5.33. The standard InChI is InChI=1S/C15H17ClN2O/c16-13-8-4-3-7-12(13)10-18-15(19)9-14(17-18)11-5-1-2-6-11/h3-4,7-8,11H,1-2,5-6,9-10H2. The molecule has 19 heavy (non-hydrogen) atoms. The Morgan fingerprint density at radius 2 is 2.00 bits per heavy atom. The normalized spacial score (nSPS) is 20.2. The maximum atomic E-state index is 12.0. The molecule has 1 saturated carbocycles. The Kier molecular flexibility index (Phi) is 3.56. The summed E-state index contributed by atoms with van der Waals surface area (Å²) in [6, 6.07) is 7.62. The van der Waals surface area contributed by atoms with Gasteiger partial charge in [0.25, 0.3) is 0 Å². The fourth-order valence-corrected chi connectivity index (χ4v) is 3.08. The van der Waals surface area contributed by atoms with Crippen LogP contribution in [-0.4, -0.2) is 16.6 Å². The lowest BCUT2D eigenvalue weighted by Gasteiger charge is -2.12. The maximum Gasteiger partial charge on any atom is 0.248 e. The molecule has 0 spiro atoms. The molecule has 100 valence electrons. The molecule has 0 aromatic heterocycles. The van der Waals surface area contributed by atoms with Crippen molar-refractivity contribution in [3.63, 3.8) is 0 Å². The minimum atomic E-state index is 0.0989. The third kappa shape index (κ3) is 2.66. The van der Waals surface area contributed by atoms with E-state index in [1.165, 1.54) is 25.7 Å². The van der Waals surface area contributed by atoms with Crippen molar-refractivity contribution >= 4 is 23.2 Å². The lowest BCUT2D eigenvalue weighted by molar-refractivity contribution is -0.129. The van der Waals surface area contributed by atoms with E-state index in [0.717, 1.165) is 11.3 Å². The summed E-state index contributed by atoms with van der Waals surface area (Å²) >= 11 is 6.13. The second-order valence-electron chi connectivity index (χ2n) is 5.29. The van der Waals surface area contributed by atoms with Gasteiger partial charge in [-0.05, 0) is 30.4 Å². The Balaban J connectivity index is 1.74. The smallest absolute Gasteiger partial charge is 0.248 e. The number of nitrogens with zero attached hydrogens (tertiary/aromatic N) is 2. The number of carbonyl (C=O) groups excluding carboxylic acids is 1. The molecule has 1 fully saturated rings. The molecule has 3 nitrogen and oxygen atoms in total. The van der Waals surface area contributed by atoms with Crippen LogP contribution in [0.2, 0.25) is 5.02 Å². The van der Waals surface area contributed by atoms with Crippen LogP contribution in [0.4, 0.5) is 0 Å². The fourth-order valence-electron chi connectivity index (χ4n) is 2.89. The van der Waals surface area contributed by atoms with E-state index >= 15 is 0 Å². The minimum absolute atomic E-state index is 0.0989. The van der Waals surface area contributed by atoms with Crippen LogP contribution >= 0.6 is 11.6 Å². The van der Waals surface area contributed by atoms with Crippen molar-refractivity contribution in [3.05, 3.63) is 34.9 Å². The number of carbonyl (C=O) groups is 1. The van der Waals surface area contributed by atoms with Crippen LogP contribution in [0.5, 0.6) is 0 Å². The van der Waals surface area contributed by atoms with Gasteiger partial charge < -0.3 is 0 Å². The zero-order chi connectivity index (χ0) is 13.2. The van der Waals surface area contributed by atoms with Gasteiger partial charge >= 0.3 is 0 Å². The molecule has 0 atom stereocenters. The number of benzene rings is 1. The number of rotatable bonds is 3. The zero-order valence-corrected chi connectivity index (χ0v) is 11.6. The summed E-state index contributed by atoms with van der Waals surface area (Å²) in [5.74, 6) is 0.627. The molecular formula is C15H17ClN2O. The molecule has 0 N–H and O–H groups in total. The van der Waals surface area contributed by atoms with Crippen molar-refractivity contribution < 1.29 is 4.79 Å². The van der Waals surface area contributed by atoms with Crippen molar-refractivity contribution in [2.75, 3.05) is 0 Å². The lowest BCUT2D eigenvalue weighted by Crippen LogP contribution is -2.20. The molecule has 1 aromatic rings. The van der Waals surface area contributed by atoms with Gasteiger partial charge in [-0.2, -0.15) is 5.10 Å². The average Bonchev–Trinajstić information content (AvgIpc) is 3.02. The monoisotopic (exact) mass is 276 g/mol. The van der Waals surface area contributed by atoms with Gasteiger partial charge in [0, 0.05) is 5.02 Å². The third-order valence-corrected chi connectivity index (χ3v) is 4.34. The predicted molar refractivity (Wildman–Crippen MR) is 76.0 cm³/mol. The Labute approximate surface area is 118 Å². The van der Waals surface area contributed by atoms with E-state index in [2.05, 4.69) is 5.10 Å². The summed E-state index contributed by atoms with van der Waals surface area (Å²) in [6.45, 7) is 0.481. The van der Waals surface area contributed by atoms with Crippen LogP contribution in [0.25, 0.3) is 0 Å². The van der Waals surface area contributed by atoms with E-state index in [1.54, 1.807) is 5.01 Å². The van der Waals surface area contributed by atoms with E-state index in [-0.39, 0.29) is 5.91 Å². The second-order valence-corrected chi connectivity index (χ2v) is 5.70. The van der Waals surface area contributed by atoms with Crippen LogP contribution in [-0.2, 0) is 11.3 Å². The summed E-state index contributed by atoms with van der Waals surface area (Å²) < 4.78 is 0. The topological polar surface area (TPSA) is 32.7 Å². The summed E-state index contributed by atoms with van der Waals surface area (Å²) in [5.41, 5.74) is 2.03. The van der Waals surface area contributed by atoms with Crippen molar-refractivity contribution in [2.24, 2.45) is 11.0 Å². The highest BCUT2D eigenvalue weighted by Gasteiger charge is 2.30. The third-order valence-electron chi connectivity index (χ3n) is 3.97. The Morgan fingerprint density at radius 1 is 1.26 bits per heavy atom. The van der Waals surface area contributed by atoms with Crippen LogP contribution in [0.1, 0.15) is 37.7 Å². The molecule has 0 bridgehead atoms. The molecule has 1 aromatic carbocycles. The van der Waals surface area contributed by atoms with E-state index in [0.29, 0.717) is 23.9 Å². The minimum Gasteiger partial charge on any atom is -0.273 e. The van der Waals surface area contributed by atoms with Crippen molar-refractivity contribution in [2.45, 2.75) is 38.6 Å². The predicted octanol–water partition coefficient (Wildman–Crippen LogP) is 3.62. The molecule has 0 unspecified atom stereocenters. The first kappa shape index (κ1) is 12.7. The van der Waals surface area contributed by atoms with Crippen LogP contribution < -0.4 is 0 Å². The number of hydrogen-bond acceptors (Lipinski definition) is 2. The quantitative estimate of drug-likeness (QED) is 0.830. The number of hydrazone groups is 1. The molecule has 1 aliphatic heterocycles. The SMILES string of the molecule is O=C1CC(C2CCCC2)=NN1Cc1ccccc1Cl. The Morgan fingerprint density at radius 3 is 2.74 bits per heavy atom. The number of amides is 1. The molecular weight excluding hydrogens is 260 g/mol. The summed E-state index contributed by atoms with van der Waals surface area (Å²) in [7, 11) is 0. The molecule has 0 saturated heterocycles. The number of hydrogen-bond donors (Lipinski definition) is 0. The first-order chi connectivity index (χ1) is 9.24. The van der Waals surface area contributed by atoms with E-state index < -0.39 is 0 Å². The molecule has 3 rings (SSSR count). The molecule has 0 radical (unpaired) electrons. The molecule has 4 heteroatoms. The van der Waals surface area contributed by atoms with E-state index in [1.807, 2.05) is 24.3 Å². The average molecular weight is 277 g/mol. The highest BCUT2D eigenvalue weighted by atomic mass is 35.5. The van der Waals surface area contributed by atoms with Gasteiger partial charge in [-0.3, -0.25) is 4.79 Å². The first-order valence-electron chi connectivity index (χ1n) is 6.85. The van der Waals surface area contributed by atoms with Crippen LogP contribution in [0.3, 0.4) is 0 Å². The van der Waals surface area contributed by atoms with Gasteiger partial charge in [-0.1, -0.05) is 42.6 Å².